The van der Waals surface area contributed by atoms with E-state index in [0.29, 0.717) is 48.1 Å². The van der Waals surface area contributed by atoms with Gasteiger partial charge in [0.15, 0.2) is 0 Å². The molecule has 2 amide bonds. The van der Waals surface area contributed by atoms with E-state index in [2.05, 4.69) is 24.1 Å². The molecule has 1 N–H and O–H groups in total. The Hall–Kier alpha value is -1.30. The van der Waals surface area contributed by atoms with Crippen LogP contribution in [0.2, 0.25) is 10.0 Å². The molecule has 0 atom stereocenters. The van der Waals surface area contributed by atoms with Crippen molar-refractivity contribution in [1.82, 2.24) is 15.1 Å². The van der Waals surface area contributed by atoms with Crippen LogP contribution in [0.1, 0.15) is 43.5 Å². The van der Waals surface area contributed by atoms with Gasteiger partial charge < -0.3 is 15.1 Å². The summed E-state index contributed by atoms with van der Waals surface area (Å²) in [5, 5.41) is 3.94. The van der Waals surface area contributed by atoms with Gasteiger partial charge in [-0.2, -0.15) is 0 Å². The Balaban J connectivity index is 1.75. The maximum absolute atomic E-state index is 12.6. The highest BCUT2D eigenvalue weighted by atomic mass is 35.5. The number of amides is 2. The summed E-state index contributed by atoms with van der Waals surface area (Å²) in [6.45, 7) is 9.21. The zero-order valence-corrected chi connectivity index (χ0v) is 17.7. The summed E-state index contributed by atoms with van der Waals surface area (Å²) in [4.78, 5) is 29.1. The van der Waals surface area contributed by atoms with Crippen molar-refractivity contribution in [3.05, 3.63) is 33.8 Å². The number of nitrogens with one attached hydrogen (secondary N) is 1. The zero-order chi connectivity index (χ0) is 19.8. The van der Waals surface area contributed by atoms with E-state index in [1.807, 2.05) is 0 Å². The second-order valence-corrected chi connectivity index (χ2v) is 7.77. The Morgan fingerprint density at radius 3 is 2.26 bits per heavy atom. The number of piperidine rings is 1. The number of rotatable bonds is 8. The molecule has 7 heteroatoms. The summed E-state index contributed by atoms with van der Waals surface area (Å²) in [5.41, 5.74) is 0.492. The second kappa shape index (κ2) is 10.9. The number of carbonyl (C=O) groups is 2. The first-order valence-electron chi connectivity index (χ1n) is 9.70. The number of hydrogen-bond donors (Lipinski definition) is 1. The van der Waals surface area contributed by atoms with Gasteiger partial charge in [0.05, 0.1) is 0 Å². The molecule has 0 radical (unpaired) electrons. The quantitative estimate of drug-likeness (QED) is 0.660. The van der Waals surface area contributed by atoms with Crippen molar-refractivity contribution in [2.45, 2.75) is 33.1 Å². The van der Waals surface area contributed by atoms with Crippen LogP contribution in [0.3, 0.4) is 0 Å². The Kier molecular flexibility index (Phi) is 8.87. The third-order valence-corrected chi connectivity index (χ3v) is 5.54. The molecular formula is C20H29Cl2N3O2. The molecule has 1 aromatic rings. The molecule has 1 aliphatic rings. The fourth-order valence-electron chi connectivity index (χ4n) is 3.40. The van der Waals surface area contributed by atoms with Gasteiger partial charge in [-0.25, -0.2) is 0 Å². The predicted molar refractivity (Wildman–Crippen MR) is 111 cm³/mol. The van der Waals surface area contributed by atoms with Gasteiger partial charge in [-0.15, -0.1) is 0 Å². The monoisotopic (exact) mass is 413 g/mol. The van der Waals surface area contributed by atoms with Crippen LogP contribution in [0.5, 0.6) is 0 Å². The number of halogens is 2. The molecule has 5 nitrogen and oxygen atoms in total. The smallest absolute Gasteiger partial charge is 0.253 e. The number of benzene rings is 1. The number of nitrogens with zero attached hydrogens (tertiary/aromatic N) is 2. The minimum absolute atomic E-state index is 0.0227. The standard InChI is InChI=1S/C20H29Cl2N3O2/c1-3-24(4-2)9-5-8-23-19(26)15-6-10-25(11-7-15)20(27)16-12-17(21)14-18(22)13-16/h12-15H,3-11H2,1-2H3,(H,23,26). The van der Waals surface area contributed by atoms with Crippen LogP contribution in [0, 0.1) is 5.92 Å². The first-order chi connectivity index (χ1) is 12.9. The molecule has 1 fully saturated rings. The van der Waals surface area contributed by atoms with Crippen LogP contribution in [-0.2, 0) is 4.79 Å². The molecule has 1 aromatic carbocycles. The Labute approximate surface area is 172 Å². The maximum Gasteiger partial charge on any atom is 0.253 e. The van der Waals surface area contributed by atoms with Crippen LogP contribution >= 0.6 is 23.2 Å². The van der Waals surface area contributed by atoms with E-state index in [1.165, 1.54) is 0 Å². The van der Waals surface area contributed by atoms with Crippen molar-refractivity contribution in [1.29, 1.82) is 0 Å². The van der Waals surface area contributed by atoms with Crippen molar-refractivity contribution in [3.63, 3.8) is 0 Å². The average Bonchev–Trinajstić information content (AvgIpc) is 2.66. The van der Waals surface area contributed by atoms with Crippen molar-refractivity contribution >= 4 is 35.0 Å². The highest BCUT2D eigenvalue weighted by Gasteiger charge is 2.27. The Bertz CT molecular complexity index is 622. The van der Waals surface area contributed by atoms with Gasteiger partial charge in [0.1, 0.15) is 0 Å². The molecule has 150 valence electrons. The van der Waals surface area contributed by atoms with Crippen molar-refractivity contribution in [2.75, 3.05) is 39.3 Å². The van der Waals surface area contributed by atoms with Crippen LogP contribution in [0.4, 0.5) is 0 Å². The SMILES string of the molecule is CCN(CC)CCCNC(=O)C1CCN(C(=O)c2cc(Cl)cc(Cl)c2)CC1. The van der Waals surface area contributed by atoms with E-state index in [0.717, 1.165) is 26.1 Å². The van der Waals surface area contributed by atoms with Crippen LogP contribution in [0.25, 0.3) is 0 Å². The van der Waals surface area contributed by atoms with Gasteiger partial charge in [0.2, 0.25) is 5.91 Å². The third-order valence-electron chi connectivity index (χ3n) is 5.11. The fraction of sp³-hybridized carbons (Fsp3) is 0.600. The molecule has 1 heterocycles. The van der Waals surface area contributed by atoms with Gasteiger partial charge in [0, 0.05) is 41.2 Å². The van der Waals surface area contributed by atoms with E-state index < -0.39 is 0 Å². The zero-order valence-electron chi connectivity index (χ0n) is 16.1. The lowest BCUT2D eigenvalue weighted by atomic mass is 9.95. The van der Waals surface area contributed by atoms with Crippen LogP contribution < -0.4 is 5.32 Å². The Morgan fingerprint density at radius 1 is 1.11 bits per heavy atom. The average molecular weight is 414 g/mol. The van der Waals surface area contributed by atoms with Crippen molar-refractivity contribution < 1.29 is 9.59 Å². The summed E-state index contributed by atoms with van der Waals surface area (Å²) in [6.07, 6.45) is 2.32. The van der Waals surface area contributed by atoms with E-state index in [1.54, 1.807) is 23.1 Å². The molecule has 27 heavy (non-hydrogen) atoms. The lowest BCUT2D eigenvalue weighted by Crippen LogP contribution is -2.43. The van der Waals surface area contributed by atoms with Crippen molar-refractivity contribution in [2.24, 2.45) is 5.92 Å². The molecule has 1 aliphatic heterocycles. The fourth-order valence-corrected chi connectivity index (χ4v) is 3.93. The Morgan fingerprint density at radius 2 is 1.70 bits per heavy atom. The first-order valence-corrected chi connectivity index (χ1v) is 10.5. The lowest BCUT2D eigenvalue weighted by molar-refractivity contribution is -0.126. The summed E-state index contributed by atoms with van der Waals surface area (Å²) in [7, 11) is 0. The van der Waals surface area contributed by atoms with E-state index >= 15 is 0 Å². The largest absolute Gasteiger partial charge is 0.356 e. The molecule has 0 bridgehead atoms. The highest BCUT2D eigenvalue weighted by Crippen LogP contribution is 2.23. The summed E-state index contributed by atoms with van der Waals surface area (Å²) in [6, 6.07) is 4.87. The van der Waals surface area contributed by atoms with Gasteiger partial charge in [-0.1, -0.05) is 37.0 Å². The maximum atomic E-state index is 12.6. The van der Waals surface area contributed by atoms with E-state index in [-0.39, 0.29) is 17.7 Å². The molecule has 0 spiro atoms. The first kappa shape index (κ1) is 22.0. The lowest BCUT2D eigenvalue weighted by Gasteiger charge is -2.31. The molecule has 0 aliphatic carbocycles. The normalized spacial score (nSPS) is 15.2. The minimum Gasteiger partial charge on any atom is -0.356 e. The number of hydrogen-bond acceptors (Lipinski definition) is 3. The molecular weight excluding hydrogens is 385 g/mol. The van der Waals surface area contributed by atoms with Gasteiger partial charge in [-0.3, -0.25) is 9.59 Å². The summed E-state index contributed by atoms with van der Waals surface area (Å²) < 4.78 is 0. The van der Waals surface area contributed by atoms with Gasteiger partial charge in [0.25, 0.3) is 5.91 Å². The van der Waals surface area contributed by atoms with Crippen molar-refractivity contribution in [3.8, 4) is 0 Å². The highest BCUT2D eigenvalue weighted by molar-refractivity contribution is 6.35. The predicted octanol–water partition coefficient (Wildman–Crippen LogP) is 3.69. The van der Waals surface area contributed by atoms with E-state index in [9.17, 15) is 9.59 Å². The van der Waals surface area contributed by atoms with Crippen LogP contribution in [-0.4, -0.2) is 60.9 Å². The summed E-state index contributed by atoms with van der Waals surface area (Å²) >= 11 is 12.0. The molecule has 2 rings (SSSR count). The number of carbonyl (C=O) groups excluding carboxylic acids is 2. The summed E-state index contributed by atoms with van der Waals surface area (Å²) in [5.74, 6) is -0.00428. The van der Waals surface area contributed by atoms with E-state index in [4.69, 9.17) is 23.2 Å². The third kappa shape index (κ3) is 6.66. The minimum atomic E-state index is -0.0857. The number of likely N-dealkylation sites (tertiary alicyclic amines) is 1. The molecule has 1 saturated heterocycles. The topological polar surface area (TPSA) is 52.7 Å². The van der Waals surface area contributed by atoms with Gasteiger partial charge in [-0.05, 0) is 57.1 Å². The second-order valence-electron chi connectivity index (χ2n) is 6.90. The molecule has 0 unspecified atom stereocenters. The van der Waals surface area contributed by atoms with Gasteiger partial charge >= 0.3 is 0 Å². The molecule has 0 saturated carbocycles. The van der Waals surface area contributed by atoms with Crippen LogP contribution in [0.15, 0.2) is 18.2 Å². The molecule has 0 aromatic heterocycles.